The van der Waals surface area contributed by atoms with Crippen LogP contribution in [0.4, 0.5) is 0 Å². The van der Waals surface area contributed by atoms with Gasteiger partial charge in [-0.05, 0) is 122 Å². The number of fused-ring (bicyclic) bond motifs is 10. The quantitative estimate of drug-likeness (QED) is 0.125. The van der Waals surface area contributed by atoms with Crippen molar-refractivity contribution in [1.82, 2.24) is 0 Å². The molecule has 0 unspecified atom stereocenters. The molecule has 0 heteroatoms. The summed E-state index contributed by atoms with van der Waals surface area (Å²) in [6.45, 7) is 0. The summed E-state index contributed by atoms with van der Waals surface area (Å²) in [5.41, 5.74) is 12.3. The monoisotopic (exact) mass is 720 g/mol. The summed E-state index contributed by atoms with van der Waals surface area (Å²) in [6.07, 6.45) is 0. The van der Waals surface area contributed by atoms with Crippen LogP contribution in [-0.2, 0) is 5.41 Å². The summed E-state index contributed by atoms with van der Waals surface area (Å²) in [7, 11) is 0. The summed E-state index contributed by atoms with van der Waals surface area (Å²) >= 11 is 0. The van der Waals surface area contributed by atoms with E-state index in [4.69, 9.17) is 0 Å². The van der Waals surface area contributed by atoms with E-state index in [1.165, 1.54) is 109 Å². The van der Waals surface area contributed by atoms with Gasteiger partial charge in [0.2, 0.25) is 0 Å². The number of hydrogen-bond acceptors (Lipinski definition) is 0. The van der Waals surface area contributed by atoms with Crippen molar-refractivity contribution in [3.8, 4) is 33.4 Å². The van der Waals surface area contributed by atoms with Crippen LogP contribution in [0.5, 0.6) is 0 Å². The molecule has 57 heavy (non-hydrogen) atoms. The predicted molar refractivity (Wildman–Crippen MR) is 242 cm³/mol. The van der Waals surface area contributed by atoms with E-state index in [0.29, 0.717) is 0 Å². The molecule has 264 valence electrons. The summed E-state index contributed by atoms with van der Waals surface area (Å²) in [4.78, 5) is 0. The van der Waals surface area contributed by atoms with Crippen molar-refractivity contribution in [2.75, 3.05) is 0 Å². The van der Waals surface area contributed by atoms with E-state index in [9.17, 15) is 0 Å². The maximum absolute atomic E-state index is 2.53. The molecule has 0 saturated carbocycles. The van der Waals surface area contributed by atoms with E-state index in [0.717, 1.165) is 0 Å². The highest BCUT2D eigenvalue weighted by atomic mass is 14.5. The maximum atomic E-state index is 2.53. The Morgan fingerprint density at radius 2 is 0.789 bits per heavy atom. The number of benzene rings is 11. The topological polar surface area (TPSA) is 0 Å². The highest BCUT2D eigenvalue weighted by Crippen LogP contribution is 2.59. The lowest BCUT2D eigenvalue weighted by Crippen LogP contribution is -2.28. The standard InChI is InChI=1S/C57H36/c1-3-19-41(20-4-1)57(42-21-5-2-6-22-42)53-34-33-48-47(46-26-13-18-37-15-7-10-23-43(37)46)27-14-28-49(48)56(53)51-32-30-40(36-54(51)57)55-45-25-12-9-17-39(45)35-52-44-24-11-8-16-38(44)29-31-50(52)55/h1-36H. The molecule has 1 aliphatic rings. The Labute approximate surface area is 331 Å². The van der Waals surface area contributed by atoms with Crippen LogP contribution in [0, 0.1) is 0 Å². The van der Waals surface area contributed by atoms with Gasteiger partial charge in [-0.1, -0.05) is 206 Å². The zero-order valence-corrected chi connectivity index (χ0v) is 31.3. The van der Waals surface area contributed by atoms with Gasteiger partial charge in [0.15, 0.2) is 0 Å². The zero-order valence-electron chi connectivity index (χ0n) is 31.3. The van der Waals surface area contributed by atoms with Gasteiger partial charge in [-0.25, -0.2) is 0 Å². The van der Waals surface area contributed by atoms with Crippen molar-refractivity contribution in [2.45, 2.75) is 5.41 Å². The second kappa shape index (κ2) is 12.4. The molecule has 0 bridgehead atoms. The SMILES string of the molecule is c1ccc(C2(c3ccccc3)c3cc(-c4c5ccccc5cc5c4ccc4ccccc45)ccc3-c3c2ccc2c(-c4cccc5ccccc45)cccc32)cc1. The van der Waals surface area contributed by atoms with Crippen molar-refractivity contribution >= 4 is 53.9 Å². The number of rotatable bonds is 4. The van der Waals surface area contributed by atoms with Gasteiger partial charge in [0.05, 0.1) is 5.41 Å². The molecule has 0 heterocycles. The summed E-state index contributed by atoms with van der Waals surface area (Å²) in [5.74, 6) is 0. The van der Waals surface area contributed by atoms with E-state index in [1.54, 1.807) is 0 Å². The molecule has 0 fully saturated rings. The lowest BCUT2D eigenvalue weighted by molar-refractivity contribution is 0.769. The molecule has 0 atom stereocenters. The molecule has 0 saturated heterocycles. The van der Waals surface area contributed by atoms with Crippen LogP contribution in [-0.4, -0.2) is 0 Å². The minimum Gasteiger partial charge on any atom is -0.0622 e. The largest absolute Gasteiger partial charge is 0.0714 e. The lowest BCUT2D eigenvalue weighted by Gasteiger charge is -2.34. The average Bonchev–Trinajstić information content (AvgIpc) is 3.59. The first kappa shape index (κ1) is 32.0. The third-order valence-corrected chi connectivity index (χ3v) is 12.7. The Kier molecular flexibility index (Phi) is 6.94. The van der Waals surface area contributed by atoms with Gasteiger partial charge in [0.1, 0.15) is 0 Å². The average molecular weight is 721 g/mol. The van der Waals surface area contributed by atoms with Crippen LogP contribution in [0.1, 0.15) is 22.3 Å². The van der Waals surface area contributed by atoms with Crippen molar-refractivity contribution in [3.05, 3.63) is 241 Å². The van der Waals surface area contributed by atoms with Crippen LogP contribution in [0.15, 0.2) is 218 Å². The fourth-order valence-electron chi connectivity index (χ4n) is 10.3. The molecule has 0 radical (unpaired) electrons. The minimum absolute atomic E-state index is 0.542. The lowest BCUT2D eigenvalue weighted by atomic mass is 9.67. The van der Waals surface area contributed by atoms with E-state index >= 15 is 0 Å². The minimum atomic E-state index is -0.542. The maximum Gasteiger partial charge on any atom is 0.0714 e. The van der Waals surface area contributed by atoms with Gasteiger partial charge in [-0.2, -0.15) is 0 Å². The van der Waals surface area contributed by atoms with Crippen molar-refractivity contribution in [2.24, 2.45) is 0 Å². The smallest absolute Gasteiger partial charge is 0.0622 e. The van der Waals surface area contributed by atoms with Gasteiger partial charge in [-0.15, -0.1) is 0 Å². The Morgan fingerprint density at radius 1 is 0.246 bits per heavy atom. The van der Waals surface area contributed by atoms with Crippen LogP contribution in [0.2, 0.25) is 0 Å². The van der Waals surface area contributed by atoms with Crippen LogP contribution in [0.25, 0.3) is 87.2 Å². The van der Waals surface area contributed by atoms with E-state index in [2.05, 4.69) is 218 Å². The molecule has 11 aromatic rings. The fraction of sp³-hybridized carbons (Fsp3) is 0.0175. The summed E-state index contributed by atoms with van der Waals surface area (Å²) in [5, 5.41) is 12.7. The molecule has 11 aromatic carbocycles. The predicted octanol–water partition coefficient (Wildman–Crippen LogP) is 15.1. The van der Waals surface area contributed by atoms with Crippen LogP contribution < -0.4 is 0 Å². The molecule has 0 spiro atoms. The molecular weight excluding hydrogens is 685 g/mol. The molecule has 0 amide bonds. The first-order valence-electron chi connectivity index (χ1n) is 19.9. The summed E-state index contributed by atoms with van der Waals surface area (Å²) in [6, 6.07) is 81.6. The Balaban J connectivity index is 1.21. The van der Waals surface area contributed by atoms with Crippen molar-refractivity contribution in [3.63, 3.8) is 0 Å². The van der Waals surface area contributed by atoms with Gasteiger partial charge in [0.25, 0.3) is 0 Å². The zero-order chi connectivity index (χ0) is 37.5. The second-order valence-electron chi connectivity index (χ2n) is 15.5. The third kappa shape index (κ3) is 4.56. The molecule has 1 aliphatic carbocycles. The van der Waals surface area contributed by atoms with Crippen LogP contribution in [0.3, 0.4) is 0 Å². The molecule has 0 aromatic heterocycles. The third-order valence-electron chi connectivity index (χ3n) is 12.7. The van der Waals surface area contributed by atoms with Crippen molar-refractivity contribution in [1.29, 1.82) is 0 Å². The van der Waals surface area contributed by atoms with E-state index in [1.807, 2.05) is 0 Å². The van der Waals surface area contributed by atoms with Gasteiger partial charge < -0.3 is 0 Å². The normalized spacial score (nSPS) is 13.1. The highest BCUT2D eigenvalue weighted by Gasteiger charge is 2.47. The van der Waals surface area contributed by atoms with E-state index < -0.39 is 5.41 Å². The Bertz CT molecular complexity index is 3350. The highest BCUT2D eigenvalue weighted by molar-refractivity contribution is 6.20. The molecule has 0 N–H and O–H groups in total. The van der Waals surface area contributed by atoms with Gasteiger partial charge in [0, 0.05) is 0 Å². The van der Waals surface area contributed by atoms with Gasteiger partial charge >= 0.3 is 0 Å². The van der Waals surface area contributed by atoms with Crippen LogP contribution >= 0.6 is 0 Å². The first-order chi connectivity index (χ1) is 28.3. The molecule has 0 nitrogen and oxygen atoms in total. The summed E-state index contributed by atoms with van der Waals surface area (Å²) < 4.78 is 0. The number of hydrogen-bond donors (Lipinski definition) is 0. The van der Waals surface area contributed by atoms with E-state index in [-0.39, 0.29) is 0 Å². The molecule has 0 aliphatic heterocycles. The Morgan fingerprint density at radius 3 is 1.54 bits per heavy atom. The first-order valence-corrected chi connectivity index (χ1v) is 19.9. The Hall–Kier alpha value is -7.28. The second-order valence-corrected chi connectivity index (χ2v) is 15.5. The molecule has 12 rings (SSSR count). The van der Waals surface area contributed by atoms with Crippen molar-refractivity contribution < 1.29 is 0 Å². The van der Waals surface area contributed by atoms with Gasteiger partial charge in [-0.3, -0.25) is 0 Å². The fourth-order valence-corrected chi connectivity index (χ4v) is 10.3. The molecular formula is C57H36.